The zero-order valence-electron chi connectivity index (χ0n) is 13.8. The van der Waals surface area contributed by atoms with E-state index in [1.807, 2.05) is 52.0 Å². The molecule has 0 aromatic heterocycles. The number of amides is 2. The van der Waals surface area contributed by atoms with E-state index in [9.17, 15) is 4.79 Å². The molecule has 0 spiro atoms. The van der Waals surface area contributed by atoms with Crippen molar-refractivity contribution < 1.29 is 9.53 Å². The standard InChI is InChI=1S/C18H21BrN2O2/c1-11-5-8-16(15(19)9-11)21-18(22)20-10-23-17-13(3)7-6-12(2)14(17)4/h5-9H,10H2,1-4H3,(H2,20,21,22). The predicted molar refractivity (Wildman–Crippen MR) is 97.2 cm³/mol. The van der Waals surface area contributed by atoms with Crippen molar-refractivity contribution in [3.05, 3.63) is 57.1 Å². The lowest BCUT2D eigenvalue weighted by molar-refractivity contribution is 0.234. The molecule has 122 valence electrons. The van der Waals surface area contributed by atoms with Crippen LogP contribution in [0.5, 0.6) is 5.75 Å². The highest BCUT2D eigenvalue weighted by atomic mass is 79.9. The molecule has 0 aliphatic rings. The number of hydrogen-bond donors (Lipinski definition) is 2. The van der Waals surface area contributed by atoms with Gasteiger partial charge in [-0.25, -0.2) is 4.79 Å². The van der Waals surface area contributed by atoms with Crippen molar-refractivity contribution in [1.82, 2.24) is 5.32 Å². The van der Waals surface area contributed by atoms with Gasteiger partial charge in [0.25, 0.3) is 0 Å². The maximum Gasteiger partial charge on any atom is 0.321 e. The quantitative estimate of drug-likeness (QED) is 0.749. The van der Waals surface area contributed by atoms with Crippen molar-refractivity contribution in [2.24, 2.45) is 0 Å². The first-order valence-electron chi connectivity index (χ1n) is 7.39. The van der Waals surface area contributed by atoms with Gasteiger partial charge in [-0.3, -0.25) is 0 Å². The molecule has 0 atom stereocenters. The number of rotatable bonds is 4. The van der Waals surface area contributed by atoms with Crippen LogP contribution in [-0.4, -0.2) is 12.8 Å². The first-order valence-corrected chi connectivity index (χ1v) is 8.18. The van der Waals surface area contributed by atoms with E-state index in [2.05, 4.69) is 32.6 Å². The van der Waals surface area contributed by atoms with Gasteiger partial charge in [0, 0.05) is 4.47 Å². The Morgan fingerprint density at radius 1 is 1.09 bits per heavy atom. The first kappa shape index (κ1) is 17.3. The lowest BCUT2D eigenvalue weighted by Crippen LogP contribution is -2.32. The van der Waals surface area contributed by atoms with Gasteiger partial charge >= 0.3 is 6.03 Å². The Kier molecular flexibility index (Phi) is 5.66. The second kappa shape index (κ2) is 7.51. The Balaban J connectivity index is 1.92. The first-order chi connectivity index (χ1) is 10.9. The second-order valence-electron chi connectivity index (χ2n) is 5.56. The van der Waals surface area contributed by atoms with Gasteiger partial charge in [-0.1, -0.05) is 18.2 Å². The van der Waals surface area contributed by atoms with Gasteiger partial charge < -0.3 is 15.4 Å². The summed E-state index contributed by atoms with van der Waals surface area (Å²) in [5.74, 6) is 0.821. The number of nitrogens with one attached hydrogen (secondary N) is 2. The highest BCUT2D eigenvalue weighted by molar-refractivity contribution is 9.10. The zero-order chi connectivity index (χ0) is 17.0. The van der Waals surface area contributed by atoms with Crippen LogP contribution in [0.1, 0.15) is 22.3 Å². The second-order valence-corrected chi connectivity index (χ2v) is 6.41. The lowest BCUT2D eigenvalue weighted by Gasteiger charge is -2.15. The summed E-state index contributed by atoms with van der Waals surface area (Å²) in [7, 11) is 0. The number of aryl methyl sites for hydroxylation is 3. The predicted octanol–water partition coefficient (Wildman–Crippen LogP) is 4.84. The van der Waals surface area contributed by atoms with E-state index in [-0.39, 0.29) is 12.8 Å². The molecule has 0 radical (unpaired) electrons. The van der Waals surface area contributed by atoms with Crippen molar-refractivity contribution >= 4 is 27.6 Å². The Morgan fingerprint density at radius 3 is 2.48 bits per heavy atom. The third-order valence-corrected chi connectivity index (χ3v) is 4.35. The SMILES string of the molecule is Cc1ccc(NC(=O)NCOc2c(C)ccc(C)c2C)c(Br)c1. The van der Waals surface area contributed by atoms with Crippen LogP contribution in [0.25, 0.3) is 0 Å². The van der Waals surface area contributed by atoms with Gasteiger partial charge in [-0.15, -0.1) is 0 Å². The van der Waals surface area contributed by atoms with Crippen molar-refractivity contribution in [1.29, 1.82) is 0 Å². The average Bonchev–Trinajstić information content (AvgIpc) is 2.49. The third kappa shape index (κ3) is 4.48. The highest BCUT2D eigenvalue weighted by Gasteiger charge is 2.08. The molecule has 0 bridgehead atoms. The monoisotopic (exact) mass is 376 g/mol. The van der Waals surface area contributed by atoms with Crippen molar-refractivity contribution in [3.8, 4) is 5.75 Å². The van der Waals surface area contributed by atoms with Gasteiger partial charge in [0.1, 0.15) is 5.75 Å². The Labute approximate surface area is 145 Å². The molecule has 2 amide bonds. The summed E-state index contributed by atoms with van der Waals surface area (Å²) in [6.07, 6.45) is 0. The molecule has 0 aliphatic heterocycles. The number of urea groups is 1. The molecule has 2 N–H and O–H groups in total. The molecule has 23 heavy (non-hydrogen) atoms. The third-order valence-electron chi connectivity index (χ3n) is 3.70. The molecule has 2 aromatic rings. The van der Waals surface area contributed by atoms with Gasteiger partial charge in [0.05, 0.1) is 5.69 Å². The van der Waals surface area contributed by atoms with Gasteiger partial charge in [-0.05, 0) is 78.0 Å². The van der Waals surface area contributed by atoms with E-state index in [0.717, 1.165) is 32.6 Å². The van der Waals surface area contributed by atoms with Crippen LogP contribution in [0.3, 0.4) is 0 Å². The highest BCUT2D eigenvalue weighted by Crippen LogP contribution is 2.25. The van der Waals surface area contributed by atoms with Crippen molar-refractivity contribution in [2.45, 2.75) is 27.7 Å². The summed E-state index contributed by atoms with van der Waals surface area (Å²) in [5.41, 5.74) is 5.15. The van der Waals surface area contributed by atoms with Crippen LogP contribution in [0.2, 0.25) is 0 Å². The topological polar surface area (TPSA) is 50.4 Å². The summed E-state index contributed by atoms with van der Waals surface area (Å²) in [6, 6.07) is 9.52. The van der Waals surface area contributed by atoms with Gasteiger partial charge in [0.15, 0.2) is 6.73 Å². The van der Waals surface area contributed by atoms with Gasteiger partial charge in [-0.2, -0.15) is 0 Å². The minimum absolute atomic E-state index is 0.112. The van der Waals surface area contributed by atoms with E-state index in [1.165, 1.54) is 5.56 Å². The number of anilines is 1. The van der Waals surface area contributed by atoms with E-state index >= 15 is 0 Å². The van der Waals surface area contributed by atoms with Gasteiger partial charge in [0.2, 0.25) is 0 Å². The minimum atomic E-state index is -0.308. The summed E-state index contributed by atoms with van der Waals surface area (Å²) < 4.78 is 6.57. The summed E-state index contributed by atoms with van der Waals surface area (Å²) in [6.45, 7) is 8.15. The normalized spacial score (nSPS) is 10.3. The Morgan fingerprint density at radius 2 is 1.78 bits per heavy atom. The molecule has 0 heterocycles. The largest absolute Gasteiger partial charge is 0.473 e. The molecule has 2 aromatic carbocycles. The maximum absolute atomic E-state index is 12.0. The molecule has 0 saturated carbocycles. The van der Waals surface area contributed by atoms with E-state index in [0.29, 0.717) is 0 Å². The van der Waals surface area contributed by atoms with Crippen LogP contribution < -0.4 is 15.4 Å². The lowest BCUT2D eigenvalue weighted by atomic mass is 10.1. The van der Waals surface area contributed by atoms with Crippen LogP contribution in [0.4, 0.5) is 10.5 Å². The minimum Gasteiger partial charge on any atom is -0.473 e. The Bertz CT molecular complexity index is 729. The number of carbonyl (C=O) groups excluding carboxylic acids is 1. The summed E-state index contributed by atoms with van der Waals surface area (Å²) in [4.78, 5) is 12.0. The van der Waals surface area contributed by atoms with Crippen LogP contribution in [0.15, 0.2) is 34.8 Å². The molecule has 0 fully saturated rings. The fourth-order valence-electron chi connectivity index (χ4n) is 2.21. The van der Waals surface area contributed by atoms with Crippen LogP contribution in [0, 0.1) is 27.7 Å². The summed E-state index contributed by atoms with van der Waals surface area (Å²) >= 11 is 3.43. The molecule has 0 saturated heterocycles. The summed E-state index contributed by atoms with van der Waals surface area (Å²) in [5, 5.41) is 5.49. The fraction of sp³-hybridized carbons (Fsp3) is 0.278. The molecular weight excluding hydrogens is 356 g/mol. The van der Waals surface area contributed by atoms with E-state index < -0.39 is 0 Å². The number of benzene rings is 2. The van der Waals surface area contributed by atoms with E-state index in [1.54, 1.807) is 0 Å². The number of halogens is 1. The van der Waals surface area contributed by atoms with Crippen LogP contribution >= 0.6 is 15.9 Å². The fourth-order valence-corrected chi connectivity index (χ4v) is 2.80. The van der Waals surface area contributed by atoms with Crippen molar-refractivity contribution in [2.75, 3.05) is 12.0 Å². The molecule has 2 rings (SSSR count). The molecule has 0 aliphatic carbocycles. The molecule has 0 unspecified atom stereocenters. The zero-order valence-corrected chi connectivity index (χ0v) is 15.4. The molecule has 4 nitrogen and oxygen atoms in total. The van der Waals surface area contributed by atoms with Crippen LogP contribution in [-0.2, 0) is 0 Å². The average molecular weight is 377 g/mol. The van der Waals surface area contributed by atoms with E-state index in [4.69, 9.17) is 4.74 Å². The van der Waals surface area contributed by atoms with Crippen molar-refractivity contribution in [3.63, 3.8) is 0 Å². The number of ether oxygens (including phenoxy) is 1. The smallest absolute Gasteiger partial charge is 0.321 e. The maximum atomic E-state index is 12.0. The Hall–Kier alpha value is -2.01. The number of carbonyl (C=O) groups is 1. The number of hydrogen-bond acceptors (Lipinski definition) is 2. The molecular formula is C18H21BrN2O2. The molecule has 5 heteroatoms.